The van der Waals surface area contributed by atoms with Gasteiger partial charge < -0.3 is 9.47 Å². The molecular weight excluding hydrogens is 324 g/mol. The zero-order valence-electron chi connectivity index (χ0n) is 8.63. The Labute approximate surface area is 107 Å². The highest BCUT2D eigenvalue weighted by Gasteiger charge is 2.00. The molecule has 1 rings (SSSR count). The highest BCUT2D eigenvalue weighted by molar-refractivity contribution is 9.10. The summed E-state index contributed by atoms with van der Waals surface area (Å²) in [4.78, 5) is 0. The van der Waals surface area contributed by atoms with Crippen LogP contribution in [0.4, 0.5) is 0 Å². The van der Waals surface area contributed by atoms with Crippen LogP contribution in [-0.2, 0) is 11.2 Å². The van der Waals surface area contributed by atoms with Gasteiger partial charge in [0.1, 0.15) is 12.4 Å². The van der Waals surface area contributed by atoms with E-state index in [1.54, 1.807) is 7.11 Å². The number of aryl methyl sites for hydroxylation is 1. The predicted molar refractivity (Wildman–Crippen MR) is 69.0 cm³/mol. The molecular formula is C11H14Br2O2. The van der Waals surface area contributed by atoms with Crippen LogP contribution in [0.25, 0.3) is 0 Å². The molecule has 0 atom stereocenters. The molecule has 0 aliphatic rings. The number of benzene rings is 1. The maximum absolute atomic E-state index is 5.54. The number of hydrogen-bond donors (Lipinski definition) is 0. The fourth-order valence-electron chi connectivity index (χ4n) is 1.20. The van der Waals surface area contributed by atoms with Gasteiger partial charge >= 0.3 is 0 Å². The van der Waals surface area contributed by atoms with Crippen molar-refractivity contribution in [3.8, 4) is 5.75 Å². The van der Waals surface area contributed by atoms with Crippen LogP contribution in [0, 0.1) is 0 Å². The van der Waals surface area contributed by atoms with E-state index < -0.39 is 0 Å². The van der Waals surface area contributed by atoms with Crippen molar-refractivity contribution in [3.63, 3.8) is 0 Å². The molecule has 0 spiro atoms. The topological polar surface area (TPSA) is 18.5 Å². The summed E-state index contributed by atoms with van der Waals surface area (Å²) in [6.07, 6.45) is 1.00. The van der Waals surface area contributed by atoms with E-state index in [4.69, 9.17) is 9.47 Å². The maximum Gasteiger partial charge on any atom is 0.120 e. The van der Waals surface area contributed by atoms with E-state index in [9.17, 15) is 0 Å². The lowest BCUT2D eigenvalue weighted by Gasteiger charge is -2.08. The van der Waals surface area contributed by atoms with Gasteiger partial charge in [-0.3, -0.25) is 0 Å². The third kappa shape index (κ3) is 5.00. The Kier molecular flexibility index (Phi) is 6.29. The molecule has 0 saturated heterocycles. The second-order valence-corrected chi connectivity index (χ2v) is 4.78. The number of ether oxygens (including phenoxy) is 2. The largest absolute Gasteiger partial charge is 0.491 e. The monoisotopic (exact) mass is 336 g/mol. The van der Waals surface area contributed by atoms with Crippen molar-refractivity contribution in [2.75, 3.05) is 25.7 Å². The molecule has 0 amide bonds. The Morgan fingerprint density at radius 1 is 1.20 bits per heavy atom. The van der Waals surface area contributed by atoms with Gasteiger partial charge in [0.25, 0.3) is 0 Å². The Morgan fingerprint density at radius 3 is 2.67 bits per heavy atom. The normalized spacial score (nSPS) is 10.3. The number of halogens is 2. The summed E-state index contributed by atoms with van der Waals surface area (Å²) in [6, 6.07) is 6.12. The lowest BCUT2D eigenvalue weighted by Crippen LogP contribution is -2.04. The molecule has 0 unspecified atom stereocenters. The zero-order chi connectivity index (χ0) is 11.1. The zero-order valence-corrected chi connectivity index (χ0v) is 11.8. The van der Waals surface area contributed by atoms with E-state index in [0.717, 1.165) is 22.0 Å². The molecule has 0 heterocycles. The molecule has 0 fully saturated rings. The number of alkyl halides is 1. The molecule has 0 saturated carbocycles. The minimum absolute atomic E-state index is 0.584. The number of hydrogen-bond acceptors (Lipinski definition) is 2. The number of rotatable bonds is 6. The minimum Gasteiger partial charge on any atom is -0.491 e. The van der Waals surface area contributed by atoms with E-state index in [0.29, 0.717) is 13.2 Å². The third-order valence-corrected chi connectivity index (χ3v) is 2.72. The first kappa shape index (κ1) is 13.0. The van der Waals surface area contributed by atoms with Crippen LogP contribution in [0.2, 0.25) is 0 Å². The first-order valence-corrected chi connectivity index (χ1v) is 6.65. The summed E-state index contributed by atoms with van der Waals surface area (Å²) in [5.74, 6) is 0.886. The second-order valence-electron chi connectivity index (χ2n) is 3.08. The van der Waals surface area contributed by atoms with Crippen molar-refractivity contribution < 1.29 is 9.47 Å². The van der Waals surface area contributed by atoms with Crippen molar-refractivity contribution in [2.45, 2.75) is 6.42 Å². The van der Waals surface area contributed by atoms with Gasteiger partial charge in [0, 0.05) is 16.9 Å². The van der Waals surface area contributed by atoms with E-state index in [2.05, 4.69) is 44.0 Å². The summed E-state index contributed by atoms with van der Waals surface area (Å²) in [7, 11) is 1.67. The van der Waals surface area contributed by atoms with E-state index in [1.165, 1.54) is 5.56 Å². The summed E-state index contributed by atoms with van der Waals surface area (Å²) in [5, 5.41) is 0.959. The van der Waals surface area contributed by atoms with Crippen LogP contribution >= 0.6 is 31.9 Å². The van der Waals surface area contributed by atoms with Gasteiger partial charge in [-0.2, -0.15) is 0 Å². The average molecular weight is 338 g/mol. The summed E-state index contributed by atoms with van der Waals surface area (Å²) in [5.41, 5.74) is 1.26. The molecule has 0 radical (unpaired) electrons. The van der Waals surface area contributed by atoms with Crippen molar-refractivity contribution in [2.24, 2.45) is 0 Å². The van der Waals surface area contributed by atoms with Crippen molar-refractivity contribution >= 4 is 31.9 Å². The summed E-state index contributed by atoms with van der Waals surface area (Å²) >= 11 is 6.89. The maximum atomic E-state index is 5.54. The van der Waals surface area contributed by atoms with Gasteiger partial charge in [0.05, 0.1) is 6.61 Å². The van der Waals surface area contributed by atoms with Crippen LogP contribution in [0.15, 0.2) is 22.7 Å². The SMILES string of the molecule is COCCOc1cc(Br)cc(CCBr)c1. The third-order valence-electron chi connectivity index (χ3n) is 1.87. The predicted octanol–water partition coefficient (Wildman–Crippen LogP) is 3.41. The van der Waals surface area contributed by atoms with Gasteiger partial charge in [0.15, 0.2) is 0 Å². The van der Waals surface area contributed by atoms with E-state index in [1.807, 2.05) is 6.07 Å². The van der Waals surface area contributed by atoms with E-state index in [-0.39, 0.29) is 0 Å². The summed E-state index contributed by atoms with van der Waals surface area (Å²) in [6.45, 7) is 1.20. The van der Waals surface area contributed by atoms with Crippen LogP contribution in [-0.4, -0.2) is 25.7 Å². The molecule has 15 heavy (non-hydrogen) atoms. The Balaban J connectivity index is 2.62. The molecule has 1 aromatic carbocycles. The van der Waals surface area contributed by atoms with Gasteiger partial charge in [-0.1, -0.05) is 31.9 Å². The van der Waals surface area contributed by atoms with Gasteiger partial charge in [0.2, 0.25) is 0 Å². The van der Waals surface area contributed by atoms with Crippen LogP contribution < -0.4 is 4.74 Å². The molecule has 1 aromatic rings. The van der Waals surface area contributed by atoms with E-state index >= 15 is 0 Å². The second kappa shape index (κ2) is 7.25. The smallest absolute Gasteiger partial charge is 0.120 e. The first-order chi connectivity index (χ1) is 7.26. The van der Waals surface area contributed by atoms with Crippen molar-refractivity contribution in [1.29, 1.82) is 0 Å². The molecule has 0 bridgehead atoms. The highest BCUT2D eigenvalue weighted by atomic mass is 79.9. The van der Waals surface area contributed by atoms with Crippen molar-refractivity contribution in [1.82, 2.24) is 0 Å². The first-order valence-electron chi connectivity index (χ1n) is 4.73. The molecule has 4 heteroatoms. The lowest BCUT2D eigenvalue weighted by molar-refractivity contribution is 0.146. The van der Waals surface area contributed by atoms with Crippen LogP contribution in [0.3, 0.4) is 0 Å². The molecule has 0 aliphatic carbocycles. The number of methoxy groups -OCH3 is 1. The minimum atomic E-state index is 0.584. The molecule has 84 valence electrons. The molecule has 0 N–H and O–H groups in total. The fraction of sp³-hybridized carbons (Fsp3) is 0.455. The molecule has 0 aromatic heterocycles. The van der Waals surface area contributed by atoms with Crippen molar-refractivity contribution in [3.05, 3.63) is 28.2 Å². The van der Waals surface area contributed by atoms with Crippen LogP contribution in [0.1, 0.15) is 5.56 Å². The molecule has 0 aliphatic heterocycles. The fourth-order valence-corrected chi connectivity index (χ4v) is 2.18. The molecule has 2 nitrogen and oxygen atoms in total. The lowest BCUT2D eigenvalue weighted by atomic mass is 10.2. The highest BCUT2D eigenvalue weighted by Crippen LogP contribution is 2.22. The Bertz CT molecular complexity index is 303. The summed E-state index contributed by atoms with van der Waals surface area (Å²) < 4.78 is 11.5. The van der Waals surface area contributed by atoms with Crippen LogP contribution in [0.5, 0.6) is 5.75 Å². The van der Waals surface area contributed by atoms with Gasteiger partial charge in [-0.15, -0.1) is 0 Å². The van der Waals surface area contributed by atoms with Gasteiger partial charge in [-0.25, -0.2) is 0 Å². The Hall–Kier alpha value is -0.0600. The quantitative estimate of drug-likeness (QED) is 0.585. The average Bonchev–Trinajstić information content (AvgIpc) is 2.18. The van der Waals surface area contributed by atoms with Gasteiger partial charge in [-0.05, 0) is 30.2 Å². The Morgan fingerprint density at radius 2 is 2.00 bits per heavy atom. The standard InChI is InChI=1S/C11H14Br2O2/c1-14-4-5-15-11-7-9(2-3-12)6-10(13)8-11/h6-8H,2-5H2,1H3.